The zero-order valence-corrected chi connectivity index (χ0v) is 14.3. The summed E-state index contributed by atoms with van der Waals surface area (Å²) >= 11 is 7.17. The van der Waals surface area contributed by atoms with Crippen LogP contribution in [0.25, 0.3) is 10.9 Å². The SMILES string of the molecule is C=CCn1c(SCCS(C)(=O)=O)nc2cc(Cl)ccc2c1=O. The maximum atomic E-state index is 12.5. The van der Waals surface area contributed by atoms with Gasteiger partial charge in [0.1, 0.15) is 9.84 Å². The van der Waals surface area contributed by atoms with E-state index in [9.17, 15) is 13.2 Å². The predicted molar refractivity (Wildman–Crippen MR) is 91.6 cm³/mol. The molecule has 0 aliphatic carbocycles. The average molecular weight is 359 g/mol. The van der Waals surface area contributed by atoms with Gasteiger partial charge in [-0.3, -0.25) is 9.36 Å². The van der Waals surface area contributed by atoms with Crippen molar-refractivity contribution in [3.05, 3.63) is 46.2 Å². The molecular weight excluding hydrogens is 344 g/mol. The first-order chi connectivity index (χ1) is 10.3. The Hall–Kier alpha value is -1.31. The molecule has 0 spiro atoms. The van der Waals surface area contributed by atoms with Crippen molar-refractivity contribution < 1.29 is 8.42 Å². The van der Waals surface area contributed by atoms with Crippen molar-refractivity contribution in [3.8, 4) is 0 Å². The van der Waals surface area contributed by atoms with E-state index in [0.717, 1.165) is 0 Å². The van der Waals surface area contributed by atoms with E-state index in [0.29, 0.717) is 33.4 Å². The van der Waals surface area contributed by atoms with E-state index in [1.54, 1.807) is 24.3 Å². The summed E-state index contributed by atoms with van der Waals surface area (Å²) in [4.78, 5) is 16.9. The maximum Gasteiger partial charge on any atom is 0.262 e. The van der Waals surface area contributed by atoms with Crippen molar-refractivity contribution >= 4 is 44.1 Å². The molecule has 0 aliphatic rings. The maximum absolute atomic E-state index is 12.5. The van der Waals surface area contributed by atoms with Gasteiger partial charge < -0.3 is 0 Å². The smallest absolute Gasteiger partial charge is 0.262 e. The Morgan fingerprint density at radius 1 is 1.45 bits per heavy atom. The van der Waals surface area contributed by atoms with Crippen molar-refractivity contribution in [1.29, 1.82) is 0 Å². The van der Waals surface area contributed by atoms with E-state index < -0.39 is 9.84 Å². The molecule has 0 N–H and O–H groups in total. The first-order valence-electron chi connectivity index (χ1n) is 6.43. The lowest BCUT2D eigenvalue weighted by Crippen LogP contribution is -2.23. The van der Waals surface area contributed by atoms with Crippen LogP contribution in [0.15, 0.2) is 40.8 Å². The molecule has 0 amide bonds. The van der Waals surface area contributed by atoms with E-state index in [4.69, 9.17) is 11.6 Å². The number of aromatic nitrogens is 2. The van der Waals surface area contributed by atoms with E-state index in [2.05, 4.69) is 11.6 Å². The van der Waals surface area contributed by atoms with Gasteiger partial charge in [0.05, 0.1) is 16.7 Å². The monoisotopic (exact) mass is 358 g/mol. The Morgan fingerprint density at radius 2 is 2.18 bits per heavy atom. The molecular formula is C14H15ClN2O3S2. The summed E-state index contributed by atoms with van der Waals surface area (Å²) in [5.74, 6) is 0.351. The third kappa shape index (κ3) is 4.12. The van der Waals surface area contributed by atoms with Gasteiger partial charge in [-0.1, -0.05) is 29.4 Å². The molecule has 1 aromatic heterocycles. The molecule has 2 rings (SSSR count). The summed E-state index contributed by atoms with van der Waals surface area (Å²) in [5, 5.41) is 1.43. The number of allylic oxidation sites excluding steroid dienone is 1. The Kier molecular flexibility index (Phi) is 5.31. The lowest BCUT2D eigenvalue weighted by atomic mass is 10.2. The van der Waals surface area contributed by atoms with Crippen LogP contribution >= 0.6 is 23.4 Å². The fourth-order valence-corrected chi connectivity index (χ4v) is 4.23. The highest BCUT2D eigenvalue weighted by Gasteiger charge is 2.12. The van der Waals surface area contributed by atoms with Crippen molar-refractivity contribution in [2.24, 2.45) is 0 Å². The highest BCUT2D eigenvalue weighted by Crippen LogP contribution is 2.20. The second-order valence-corrected chi connectivity index (χ2v) is 8.50. The quantitative estimate of drug-likeness (QED) is 0.450. The molecule has 1 heterocycles. The van der Waals surface area contributed by atoms with Crippen LogP contribution in [0.3, 0.4) is 0 Å². The molecule has 0 saturated carbocycles. The third-order valence-electron chi connectivity index (χ3n) is 2.88. The highest BCUT2D eigenvalue weighted by molar-refractivity contribution is 8.00. The topological polar surface area (TPSA) is 69.0 Å². The Morgan fingerprint density at radius 3 is 2.82 bits per heavy atom. The number of nitrogens with zero attached hydrogens (tertiary/aromatic N) is 2. The number of hydrogen-bond donors (Lipinski definition) is 0. The molecule has 0 saturated heterocycles. The molecule has 0 radical (unpaired) electrons. The standard InChI is InChI=1S/C14H15ClN2O3S2/c1-3-6-17-13(18)11-5-4-10(15)9-12(11)16-14(17)21-7-8-22(2,19)20/h3-5,9H,1,6-8H2,2H3. The zero-order chi connectivity index (χ0) is 16.3. The van der Waals surface area contributed by atoms with Crippen LogP contribution in [0.5, 0.6) is 0 Å². The molecule has 118 valence electrons. The van der Waals surface area contributed by atoms with Crippen LogP contribution in [0.4, 0.5) is 0 Å². The molecule has 0 bridgehead atoms. The van der Waals surface area contributed by atoms with Crippen LogP contribution in [0.2, 0.25) is 5.02 Å². The third-order valence-corrected chi connectivity index (χ3v) is 5.30. The molecule has 8 heteroatoms. The van der Waals surface area contributed by atoms with Crippen LogP contribution in [-0.4, -0.2) is 35.7 Å². The fourth-order valence-electron chi connectivity index (χ4n) is 1.86. The molecule has 0 atom stereocenters. The molecule has 5 nitrogen and oxygen atoms in total. The molecule has 1 aromatic carbocycles. The minimum absolute atomic E-state index is 0.0230. The second kappa shape index (κ2) is 6.85. The van der Waals surface area contributed by atoms with Gasteiger partial charge in [0.2, 0.25) is 0 Å². The lowest BCUT2D eigenvalue weighted by molar-refractivity contribution is 0.603. The largest absolute Gasteiger partial charge is 0.283 e. The fraction of sp³-hybridized carbons (Fsp3) is 0.286. The van der Waals surface area contributed by atoms with Crippen LogP contribution in [-0.2, 0) is 16.4 Å². The van der Waals surface area contributed by atoms with E-state index in [-0.39, 0.29) is 11.3 Å². The summed E-state index contributed by atoms with van der Waals surface area (Å²) < 4.78 is 23.9. The number of benzene rings is 1. The van der Waals surface area contributed by atoms with Gasteiger partial charge in [0.15, 0.2) is 5.16 Å². The molecule has 0 aliphatic heterocycles. The van der Waals surface area contributed by atoms with Gasteiger partial charge >= 0.3 is 0 Å². The Balaban J connectivity index is 2.48. The first kappa shape index (κ1) is 17.1. The average Bonchev–Trinajstić information content (AvgIpc) is 2.41. The Labute approximate surface area is 137 Å². The van der Waals surface area contributed by atoms with Gasteiger partial charge in [-0.25, -0.2) is 13.4 Å². The second-order valence-electron chi connectivity index (χ2n) is 4.74. The number of hydrogen-bond acceptors (Lipinski definition) is 5. The molecule has 22 heavy (non-hydrogen) atoms. The summed E-state index contributed by atoms with van der Waals surface area (Å²) in [6.07, 6.45) is 2.78. The van der Waals surface area contributed by atoms with Gasteiger partial charge in [0.25, 0.3) is 5.56 Å². The van der Waals surface area contributed by atoms with E-state index >= 15 is 0 Å². The molecule has 2 aromatic rings. The number of fused-ring (bicyclic) bond motifs is 1. The first-order valence-corrected chi connectivity index (χ1v) is 9.86. The Bertz CT molecular complexity index is 876. The minimum Gasteiger partial charge on any atom is -0.283 e. The van der Waals surface area contributed by atoms with E-state index in [1.165, 1.54) is 22.6 Å². The van der Waals surface area contributed by atoms with Crippen LogP contribution in [0, 0.1) is 0 Å². The lowest BCUT2D eigenvalue weighted by Gasteiger charge is -2.11. The van der Waals surface area contributed by atoms with Gasteiger partial charge in [-0.15, -0.1) is 6.58 Å². The molecule has 0 fully saturated rings. The zero-order valence-electron chi connectivity index (χ0n) is 12.0. The molecule has 0 unspecified atom stereocenters. The summed E-state index contributed by atoms with van der Waals surface area (Å²) in [6.45, 7) is 3.95. The van der Waals surface area contributed by atoms with Crippen molar-refractivity contribution in [3.63, 3.8) is 0 Å². The highest BCUT2D eigenvalue weighted by atomic mass is 35.5. The summed E-state index contributed by atoms with van der Waals surface area (Å²) in [5.41, 5.74) is 0.308. The van der Waals surface area contributed by atoms with Gasteiger partial charge in [-0.05, 0) is 18.2 Å². The van der Waals surface area contributed by atoms with Crippen molar-refractivity contribution in [2.75, 3.05) is 17.8 Å². The summed E-state index contributed by atoms with van der Waals surface area (Å²) in [6, 6.07) is 4.90. The van der Waals surface area contributed by atoms with Crippen molar-refractivity contribution in [1.82, 2.24) is 9.55 Å². The van der Waals surface area contributed by atoms with Gasteiger partial charge in [0, 0.05) is 23.6 Å². The van der Waals surface area contributed by atoms with Crippen molar-refractivity contribution in [2.45, 2.75) is 11.7 Å². The number of thioether (sulfide) groups is 1. The predicted octanol–water partition coefficient (Wildman–Crippen LogP) is 2.37. The number of rotatable bonds is 6. The summed E-state index contributed by atoms with van der Waals surface area (Å²) in [7, 11) is -3.06. The van der Waals surface area contributed by atoms with Crippen LogP contribution in [0.1, 0.15) is 0 Å². The van der Waals surface area contributed by atoms with E-state index in [1.807, 2.05) is 0 Å². The minimum atomic E-state index is -3.06. The van der Waals surface area contributed by atoms with Crippen LogP contribution < -0.4 is 5.56 Å². The number of sulfone groups is 1. The normalized spacial score (nSPS) is 11.7. The number of halogens is 1. The van der Waals surface area contributed by atoms with Gasteiger partial charge in [-0.2, -0.15) is 0 Å².